The summed E-state index contributed by atoms with van der Waals surface area (Å²) in [6.07, 6.45) is 0. The van der Waals surface area contributed by atoms with Crippen LogP contribution in [0, 0.1) is 5.92 Å². The summed E-state index contributed by atoms with van der Waals surface area (Å²) >= 11 is -1.21. The van der Waals surface area contributed by atoms with Gasteiger partial charge in [0.05, 0.1) is 6.04 Å². The highest BCUT2D eigenvalue weighted by Crippen LogP contribution is 2.26. The average molecular weight is 416 g/mol. The number of hydrogen-bond acceptors (Lipinski definition) is 4. The lowest BCUT2D eigenvalue weighted by atomic mass is 9.96. The molecule has 2 rings (SSSR count). The summed E-state index contributed by atoms with van der Waals surface area (Å²) in [6, 6.07) is 15.6. The van der Waals surface area contributed by atoms with Gasteiger partial charge in [0.1, 0.15) is 4.75 Å². The van der Waals surface area contributed by atoms with E-state index < -0.39 is 17.3 Å². The molecule has 29 heavy (non-hydrogen) atoms. The number of carbonyl (C=O) groups is 2. The maximum atomic E-state index is 12.5. The minimum atomic E-state index is -1.21. The first kappa shape index (κ1) is 22.9. The minimum Gasteiger partial charge on any atom is -0.598 e. The fourth-order valence-electron chi connectivity index (χ4n) is 2.57. The summed E-state index contributed by atoms with van der Waals surface area (Å²) in [5.74, 6) is -0.580. The molecule has 0 saturated heterocycles. The van der Waals surface area contributed by atoms with Gasteiger partial charge in [0.15, 0.2) is 0 Å². The Morgan fingerprint density at radius 3 is 1.79 bits per heavy atom. The van der Waals surface area contributed by atoms with Gasteiger partial charge in [0, 0.05) is 22.5 Å². The molecule has 0 radical (unpaired) electrons. The van der Waals surface area contributed by atoms with Crippen molar-refractivity contribution in [3.63, 3.8) is 0 Å². The van der Waals surface area contributed by atoms with E-state index in [4.69, 9.17) is 0 Å². The van der Waals surface area contributed by atoms with Gasteiger partial charge in [0.25, 0.3) is 11.8 Å². The predicted octanol–water partition coefficient (Wildman–Crippen LogP) is 3.51. The molecular weight excluding hydrogens is 386 g/mol. The van der Waals surface area contributed by atoms with E-state index in [1.165, 1.54) is 0 Å². The number of carbonyl (C=O) groups excluding carboxylic acids is 2. The van der Waals surface area contributed by atoms with Crippen molar-refractivity contribution in [2.75, 3.05) is 0 Å². The quantitative estimate of drug-likeness (QED) is 0.497. The predicted molar refractivity (Wildman–Crippen MR) is 116 cm³/mol. The van der Waals surface area contributed by atoms with Gasteiger partial charge in [-0.25, -0.2) is 0 Å². The van der Waals surface area contributed by atoms with Crippen molar-refractivity contribution < 1.29 is 14.1 Å². The first-order valence-electron chi connectivity index (χ1n) is 9.53. The van der Waals surface area contributed by atoms with Crippen molar-refractivity contribution in [3.05, 3.63) is 71.3 Å². The Balaban J connectivity index is 2.02. The number of nitrogens with one attached hydrogen (secondary N) is 3. The van der Waals surface area contributed by atoms with E-state index in [0.29, 0.717) is 11.1 Å². The molecule has 2 aromatic rings. The van der Waals surface area contributed by atoms with Gasteiger partial charge >= 0.3 is 0 Å². The van der Waals surface area contributed by atoms with Gasteiger partial charge < -0.3 is 4.55 Å². The zero-order chi connectivity index (χ0) is 21.6. The van der Waals surface area contributed by atoms with Crippen LogP contribution in [0.4, 0.5) is 0 Å². The smallest absolute Gasteiger partial charge is 0.269 e. The lowest BCUT2D eigenvalue weighted by Crippen LogP contribution is -2.42. The van der Waals surface area contributed by atoms with Crippen LogP contribution in [-0.4, -0.2) is 21.1 Å². The maximum absolute atomic E-state index is 12.5. The highest BCUT2D eigenvalue weighted by atomic mass is 32.2. The molecule has 3 N–H and O–H groups in total. The molecule has 2 aromatic carbocycles. The van der Waals surface area contributed by atoms with E-state index >= 15 is 0 Å². The topological polar surface area (TPSA) is 93.3 Å². The molecule has 0 heterocycles. The molecule has 0 aliphatic rings. The standard InChI is InChI=1S/C22H29N3O3S/c1-15(2)19(25-29(28)22(3,4)5)16-11-13-18(14-12-16)21(27)24-23-20(26)17-9-7-6-8-10-17/h6-15,19,25H,1-5H3,(H,23,26)(H,24,27)/t19-,29?/m0/s1. The van der Waals surface area contributed by atoms with Crippen molar-refractivity contribution in [3.8, 4) is 0 Å². The molecular formula is C22H29N3O3S. The molecule has 7 heteroatoms. The zero-order valence-electron chi connectivity index (χ0n) is 17.5. The van der Waals surface area contributed by atoms with Gasteiger partial charge in [-0.15, -0.1) is 4.72 Å². The number of amides is 2. The summed E-state index contributed by atoms with van der Waals surface area (Å²) in [5.41, 5.74) is 6.65. The summed E-state index contributed by atoms with van der Waals surface area (Å²) in [4.78, 5) is 24.3. The molecule has 2 atom stereocenters. The molecule has 0 aliphatic carbocycles. The summed E-state index contributed by atoms with van der Waals surface area (Å²) in [6.45, 7) is 9.87. The van der Waals surface area contributed by atoms with E-state index in [2.05, 4.69) is 29.4 Å². The van der Waals surface area contributed by atoms with Crippen LogP contribution in [0.3, 0.4) is 0 Å². The Morgan fingerprint density at radius 1 is 0.862 bits per heavy atom. The molecule has 0 fully saturated rings. The molecule has 0 bridgehead atoms. The Labute approximate surface area is 175 Å². The molecule has 2 amide bonds. The average Bonchev–Trinajstić information content (AvgIpc) is 2.69. The highest BCUT2D eigenvalue weighted by molar-refractivity contribution is 7.90. The summed E-state index contributed by atoms with van der Waals surface area (Å²) < 4.78 is 15.3. The van der Waals surface area contributed by atoms with Gasteiger partial charge in [0.2, 0.25) is 0 Å². The number of hydrazine groups is 1. The van der Waals surface area contributed by atoms with E-state index in [-0.39, 0.29) is 22.6 Å². The fourth-order valence-corrected chi connectivity index (χ4v) is 3.56. The first-order valence-corrected chi connectivity index (χ1v) is 10.7. The van der Waals surface area contributed by atoms with Gasteiger partial charge in [-0.2, -0.15) is 0 Å². The van der Waals surface area contributed by atoms with Crippen LogP contribution in [-0.2, 0) is 11.4 Å². The fraction of sp³-hybridized carbons (Fsp3) is 0.364. The van der Waals surface area contributed by atoms with Gasteiger partial charge in [-0.3, -0.25) is 20.4 Å². The molecule has 0 aromatic heterocycles. The molecule has 0 aliphatic heterocycles. The summed E-state index contributed by atoms with van der Waals surface area (Å²) in [7, 11) is 0. The third kappa shape index (κ3) is 6.59. The Bertz CT molecular complexity index is 817. The third-order valence-corrected chi connectivity index (χ3v) is 5.89. The van der Waals surface area contributed by atoms with Crippen LogP contribution in [0.2, 0.25) is 0 Å². The van der Waals surface area contributed by atoms with Crippen LogP contribution in [0.5, 0.6) is 0 Å². The van der Waals surface area contributed by atoms with Crippen molar-refractivity contribution in [2.24, 2.45) is 5.92 Å². The first-order chi connectivity index (χ1) is 13.6. The second-order valence-corrected chi connectivity index (χ2v) is 10.1. The van der Waals surface area contributed by atoms with Gasteiger partial charge in [-0.1, -0.05) is 44.2 Å². The minimum absolute atomic E-state index is 0.107. The number of rotatable bonds is 6. The maximum Gasteiger partial charge on any atom is 0.269 e. The second kappa shape index (κ2) is 9.91. The van der Waals surface area contributed by atoms with E-state index in [1.54, 1.807) is 36.4 Å². The van der Waals surface area contributed by atoms with Crippen molar-refractivity contribution in [1.29, 1.82) is 0 Å². The second-order valence-electron chi connectivity index (χ2n) is 8.12. The van der Waals surface area contributed by atoms with Crippen LogP contribution in [0.15, 0.2) is 54.6 Å². The van der Waals surface area contributed by atoms with Gasteiger partial charge in [-0.05, 0) is 56.5 Å². The number of hydrogen-bond donors (Lipinski definition) is 3. The van der Waals surface area contributed by atoms with E-state index in [1.807, 2.05) is 39.0 Å². The van der Waals surface area contributed by atoms with Crippen LogP contribution < -0.4 is 15.6 Å². The molecule has 6 nitrogen and oxygen atoms in total. The van der Waals surface area contributed by atoms with Crippen molar-refractivity contribution in [2.45, 2.75) is 45.4 Å². The molecule has 156 valence electrons. The number of benzene rings is 2. The van der Waals surface area contributed by atoms with Crippen LogP contribution in [0.1, 0.15) is 66.9 Å². The van der Waals surface area contributed by atoms with Crippen molar-refractivity contribution >= 4 is 23.2 Å². The zero-order valence-corrected chi connectivity index (χ0v) is 18.3. The lowest BCUT2D eigenvalue weighted by molar-refractivity contribution is 0.0846. The molecule has 0 spiro atoms. The molecule has 0 saturated carbocycles. The van der Waals surface area contributed by atoms with E-state index in [0.717, 1.165) is 5.56 Å². The van der Waals surface area contributed by atoms with Crippen molar-refractivity contribution in [1.82, 2.24) is 15.6 Å². The lowest BCUT2D eigenvalue weighted by Gasteiger charge is -2.30. The SMILES string of the molecule is CC(C)[C@H](N[S+]([O-])C(C)(C)C)c1ccc(C(=O)NNC(=O)c2ccccc2)cc1. The Kier molecular flexibility index (Phi) is 7.84. The largest absolute Gasteiger partial charge is 0.598 e. The Morgan fingerprint density at radius 2 is 1.34 bits per heavy atom. The Hall–Kier alpha value is -2.35. The highest BCUT2D eigenvalue weighted by Gasteiger charge is 2.31. The normalized spacial score (nSPS) is 13.6. The molecule has 1 unspecified atom stereocenters. The third-order valence-electron chi connectivity index (χ3n) is 4.31. The summed E-state index contributed by atoms with van der Waals surface area (Å²) in [5, 5.41) is 0. The van der Waals surface area contributed by atoms with Crippen LogP contribution in [0.25, 0.3) is 0 Å². The monoisotopic (exact) mass is 415 g/mol. The van der Waals surface area contributed by atoms with Crippen LogP contribution >= 0.6 is 0 Å². The van der Waals surface area contributed by atoms with E-state index in [9.17, 15) is 14.1 Å².